The number of halogens is 3. The van der Waals surface area contributed by atoms with Crippen LogP contribution in [0.4, 0.5) is 17.1 Å². The average molecular weight is 422 g/mol. The van der Waals surface area contributed by atoms with Crippen LogP contribution in [0.25, 0.3) is 0 Å². The van der Waals surface area contributed by atoms with E-state index in [0.717, 1.165) is 24.8 Å². The molecular formula is C11H8Br3N3. The van der Waals surface area contributed by atoms with Gasteiger partial charge in [-0.2, -0.15) is 0 Å². The van der Waals surface area contributed by atoms with Crippen LogP contribution < -0.4 is 11.1 Å². The van der Waals surface area contributed by atoms with Gasteiger partial charge in [0.2, 0.25) is 0 Å². The zero-order valence-corrected chi connectivity index (χ0v) is 13.3. The minimum Gasteiger partial charge on any atom is -0.396 e. The maximum atomic E-state index is 5.88. The topological polar surface area (TPSA) is 50.9 Å². The first kappa shape index (κ1) is 12.9. The van der Waals surface area contributed by atoms with Gasteiger partial charge >= 0.3 is 0 Å². The Morgan fingerprint density at radius 1 is 1.06 bits per heavy atom. The van der Waals surface area contributed by atoms with Gasteiger partial charge in [-0.3, -0.25) is 4.98 Å². The van der Waals surface area contributed by atoms with Gasteiger partial charge < -0.3 is 11.1 Å². The molecule has 0 unspecified atom stereocenters. The number of benzene rings is 1. The van der Waals surface area contributed by atoms with E-state index >= 15 is 0 Å². The van der Waals surface area contributed by atoms with Crippen molar-refractivity contribution in [1.29, 1.82) is 0 Å². The Morgan fingerprint density at radius 3 is 2.53 bits per heavy atom. The van der Waals surface area contributed by atoms with Gasteiger partial charge in [-0.05, 0) is 50.1 Å². The number of hydrogen-bond acceptors (Lipinski definition) is 3. The highest BCUT2D eigenvalue weighted by Crippen LogP contribution is 2.34. The van der Waals surface area contributed by atoms with Gasteiger partial charge in [-0.25, -0.2) is 0 Å². The number of nitrogens with zero attached hydrogens (tertiary/aromatic N) is 1. The molecule has 1 aromatic carbocycles. The molecule has 1 heterocycles. The third kappa shape index (κ3) is 3.00. The van der Waals surface area contributed by atoms with Gasteiger partial charge in [-0.1, -0.05) is 15.9 Å². The minimum atomic E-state index is 0.589. The van der Waals surface area contributed by atoms with Crippen molar-refractivity contribution in [3.8, 4) is 0 Å². The van der Waals surface area contributed by atoms with Crippen LogP contribution in [0.1, 0.15) is 0 Å². The minimum absolute atomic E-state index is 0.589. The molecule has 3 N–H and O–H groups in total. The predicted molar refractivity (Wildman–Crippen MR) is 81.5 cm³/mol. The number of anilines is 3. The quantitative estimate of drug-likeness (QED) is 0.739. The van der Waals surface area contributed by atoms with E-state index in [1.54, 1.807) is 12.4 Å². The van der Waals surface area contributed by atoms with E-state index in [1.165, 1.54) is 0 Å². The summed E-state index contributed by atoms with van der Waals surface area (Å²) in [5.74, 6) is 0. The molecule has 17 heavy (non-hydrogen) atoms. The summed E-state index contributed by atoms with van der Waals surface area (Å²) in [6.45, 7) is 0. The Kier molecular flexibility index (Phi) is 4.06. The molecule has 2 rings (SSSR count). The summed E-state index contributed by atoms with van der Waals surface area (Å²) in [5.41, 5.74) is 8.20. The molecule has 3 nitrogen and oxygen atoms in total. The lowest BCUT2D eigenvalue weighted by Gasteiger charge is -2.12. The van der Waals surface area contributed by atoms with Gasteiger partial charge in [0, 0.05) is 15.1 Å². The molecular weight excluding hydrogens is 414 g/mol. The Balaban J connectivity index is 2.41. The molecule has 0 atom stereocenters. The van der Waals surface area contributed by atoms with Crippen molar-refractivity contribution in [3.05, 3.63) is 44.0 Å². The van der Waals surface area contributed by atoms with Crippen LogP contribution in [0.3, 0.4) is 0 Å². The second-order valence-electron chi connectivity index (χ2n) is 3.33. The first-order valence-electron chi connectivity index (χ1n) is 4.69. The standard InChI is InChI=1S/C11H8Br3N3/c12-6-1-2-7(13)10(3-6)17-11-8(14)4-16-5-9(11)15/h1-5H,15H2,(H,16,17). The van der Waals surface area contributed by atoms with E-state index in [4.69, 9.17) is 5.73 Å². The highest BCUT2D eigenvalue weighted by atomic mass is 79.9. The van der Waals surface area contributed by atoms with Gasteiger partial charge in [-0.15, -0.1) is 0 Å². The molecule has 0 fully saturated rings. The van der Waals surface area contributed by atoms with Crippen molar-refractivity contribution < 1.29 is 0 Å². The lowest BCUT2D eigenvalue weighted by Crippen LogP contribution is -1.98. The van der Waals surface area contributed by atoms with Gasteiger partial charge in [0.1, 0.15) is 0 Å². The number of hydrogen-bond donors (Lipinski definition) is 2. The molecule has 0 spiro atoms. The molecule has 0 aliphatic heterocycles. The molecule has 0 aliphatic rings. The van der Waals surface area contributed by atoms with Crippen LogP contribution in [-0.2, 0) is 0 Å². The van der Waals surface area contributed by atoms with Gasteiger partial charge in [0.25, 0.3) is 0 Å². The van der Waals surface area contributed by atoms with E-state index < -0.39 is 0 Å². The average Bonchev–Trinajstić information content (AvgIpc) is 2.28. The molecule has 0 aliphatic carbocycles. The molecule has 2 aromatic rings. The van der Waals surface area contributed by atoms with Crippen LogP contribution in [0.5, 0.6) is 0 Å². The van der Waals surface area contributed by atoms with Crippen LogP contribution >= 0.6 is 47.8 Å². The Morgan fingerprint density at radius 2 is 1.82 bits per heavy atom. The number of nitrogen functional groups attached to an aromatic ring is 1. The summed E-state index contributed by atoms with van der Waals surface area (Å²) in [7, 11) is 0. The molecule has 6 heteroatoms. The maximum Gasteiger partial charge on any atom is 0.0794 e. The first-order valence-corrected chi connectivity index (χ1v) is 7.07. The fourth-order valence-electron chi connectivity index (χ4n) is 1.31. The van der Waals surface area contributed by atoms with Crippen molar-refractivity contribution >= 4 is 64.9 Å². The zero-order chi connectivity index (χ0) is 12.4. The molecule has 1 aromatic heterocycles. The SMILES string of the molecule is Nc1cncc(Br)c1Nc1cc(Br)ccc1Br. The van der Waals surface area contributed by atoms with Crippen molar-refractivity contribution in [2.24, 2.45) is 0 Å². The largest absolute Gasteiger partial charge is 0.396 e. The van der Waals surface area contributed by atoms with Crippen molar-refractivity contribution in [1.82, 2.24) is 4.98 Å². The lowest BCUT2D eigenvalue weighted by molar-refractivity contribution is 1.31. The van der Waals surface area contributed by atoms with Gasteiger partial charge in [0.05, 0.1) is 27.7 Å². The fourth-order valence-corrected chi connectivity index (χ4v) is 2.46. The van der Waals surface area contributed by atoms with E-state index in [9.17, 15) is 0 Å². The third-order valence-electron chi connectivity index (χ3n) is 2.12. The summed E-state index contributed by atoms with van der Waals surface area (Å²) in [4.78, 5) is 3.99. The molecule has 0 radical (unpaired) electrons. The first-order chi connectivity index (χ1) is 8.08. The fraction of sp³-hybridized carbons (Fsp3) is 0. The number of rotatable bonds is 2. The monoisotopic (exact) mass is 419 g/mol. The van der Waals surface area contributed by atoms with Crippen molar-refractivity contribution in [2.45, 2.75) is 0 Å². The Hall–Kier alpha value is -0.590. The summed E-state index contributed by atoms with van der Waals surface area (Å²) >= 11 is 10.3. The van der Waals surface area contributed by atoms with Crippen molar-refractivity contribution in [2.75, 3.05) is 11.1 Å². The summed E-state index contributed by atoms with van der Waals surface area (Å²) in [5, 5.41) is 3.26. The maximum absolute atomic E-state index is 5.88. The summed E-state index contributed by atoms with van der Waals surface area (Å²) in [6.07, 6.45) is 3.31. The molecule has 0 amide bonds. The van der Waals surface area contributed by atoms with E-state index in [1.807, 2.05) is 18.2 Å². The normalized spacial score (nSPS) is 10.3. The Bertz CT molecular complexity index is 537. The molecule has 88 valence electrons. The molecule has 0 saturated carbocycles. The molecule has 0 bridgehead atoms. The summed E-state index contributed by atoms with van der Waals surface area (Å²) < 4.78 is 2.78. The second kappa shape index (κ2) is 5.37. The van der Waals surface area contributed by atoms with Crippen LogP contribution in [0, 0.1) is 0 Å². The molecule has 0 saturated heterocycles. The highest BCUT2D eigenvalue weighted by molar-refractivity contribution is 9.11. The number of pyridine rings is 1. The van der Waals surface area contributed by atoms with Gasteiger partial charge in [0.15, 0.2) is 0 Å². The number of nitrogens with one attached hydrogen (secondary N) is 1. The highest BCUT2D eigenvalue weighted by Gasteiger charge is 2.07. The van der Waals surface area contributed by atoms with Crippen molar-refractivity contribution in [3.63, 3.8) is 0 Å². The predicted octanol–water partition coefficient (Wildman–Crippen LogP) is 4.69. The van der Waals surface area contributed by atoms with E-state index in [0.29, 0.717) is 5.69 Å². The third-order valence-corrected chi connectivity index (χ3v) is 3.90. The van der Waals surface area contributed by atoms with Crippen LogP contribution in [0.15, 0.2) is 44.0 Å². The smallest absolute Gasteiger partial charge is 0.0794 e. The van der Waals surface area contributed by atoms with Crippen LogP contribution in [0.2, 0.25) is 0 Å². The zero-order valence-electron chi connectivity index (χ0n) is 8.55. The summed E-state index contributed by atoms with van der Waals surface area (Å²) in [6, 6.07) is 5.88. The van der Waals surface area contributed by atoms with Crippen LogP contribution in [-0.4, -0.2) is 4.98 Å². The van der Waals surface area contributed by atoms with E-state index in [2.05, 4.69) is 58.1 Å². The number of nitrogens with two attached hydrogens (primary N) is 1. The second-order valence-corrected chi connectivity index (χ2v) is 5.96. The number of aromatic nitrogens is 1. The van der Waals surface area contributed by atoms with E-state index in [-0.39, 0.29) is 0 Å². The lowest BCUT2D eigenvalue weighted by atomic mass is 10.3. The Labute approximate surface area is 124 Å².